The van der Waals surface area contributed by atoms with Crippen LogP contribution in [0.5, 0.6) is 0 Å². The summed E-state index contributed by atoms with van der Waals surface area (Å²) in [6.45, 7) is 2.13. The van der Waals surface area contributed by atoms with E-state index in [2.05, 4.69) is 41.6 Å². The van der Waals surface area contributed by atoms with Crippen LogP contribution in [0.1, 0.15) is 12.5 Å². The smallest absolute Gasteiger partial charge is 0.295 e. The van der Waals surface area contributed by atoms with Crippen LogP contribution in [0.4, 0.5) is 0 Å². The molecule has 2 rings (SSSR count). The van der Waals surface area contributed by atoms with Gasteiger partial charge >= 0.3 is 5.69 Å². The Hall–Kier alpha value is -0.780. The van der Waals surface area contributed by atoms with Gasteiger partial charge < -0.3 is 0 Å². The highest BCUT2D eigenvalue weighted by atomic mass is 127. The molecule has 1 heterocycles. The molecule has 0 bridgehead atoms. The highest BCUT2D eigenvalue weighted by Gasteiger charge is 2.09. The van der Waals surface area contributed by atoms with Crippen molar-refractivity contribution in [2.24, 2.45) is 14.1 Å². The summed E-state index contributed by atoms with van der Waals surface area (Å²) in [6.07, 6.45) is 0.997. The van der Waals surface area contributed by atoms with Crippen LogP contribution >= 0.6 is 22.6 Å². The van der Waals surface area contributed by atoms with Gasteiger partial charge in [0.2, 0.25) is 0 Å². The second kappa shape index (κ2) is 3.66. The first kappa shape index (κ1) is 10.7. The summed E-state index contributed by atoms with van der Waals surface area (Å²) < 4.78 is 4.62. The lowest BCUT2D eigenvalue weighted by Gasteiger charge is -2.02. The summed E-state index contributed by atoms with van der Waals surface area (Å²) in [6, 6.07) is 4.19. The minimum Gasteiger partial charge on any atom is -0.295 e. The van der Waals surface area contributed by atoms with E-state index in [9.17, 15) is 4.79 Å². The maximum atomic E-state index is 11.7. The van der Waals surface area contributed by atoms with Gasteiger partial charge in [-0.1, -0.05) is 6.92 Å². The van der Waals surface area contributed by atoms with E-state index in [-0.39, 0.29) is 5.69 Å². The molecule has 0 N–H and O–H groups in total. The molecule has 0 aliphatic rings. The topological polar surface area (TPSA) is 26.9 Å². The standard InChI is InChI=1S/C11H13IN2O/c1-4-7-5-9-10(6-8(7)12)14(3)11(15)13(9)2/h5-6H,4H2,1-3H3. The first-order chi connectivity index (χ1) is 7.06. The van der Waals surface area contributed by atoms with E-state index in [1.54, 1.807) is 9.13 Å². The van der Waals surface area contributed by atoms with Crippen molar-refractivity contribution < 1.29 is 0 Å². The van der Waals surface area contributed by atoms with Crippen LogP contribution in [0.3, 0.4) is 0 Å². The van der Waals surface area contributed by atoms with Crippen molar-refractivity contribution in [3.63, 3.8) is 0 Å². The number of hydrogen-bond donors (Lipinski definition) is 0. The monoisotopic (exact) mass is 316 g/mol. The summed E-state index contributed by atoms with van der Waals surface area (Å²) in [5, 5.41) is 0. The molecule has 0 unspecified atom stereocenters. The minimum atomic E-state index is 0.0362. The minimum absolute atomic E-state index is 0.0362. The van der Waals surface area contributed by atoms with Gasteiger partial charge in [0.15, 0.2) is 0 Å². The van der Waals surface area contributed by atoms with Gasteiger partial charge in [0.05, 0.1) is 11.0 Å². The van der Waals surface area contributed by atoms with Crippen molar-refractivity contribution in [2.45, 2.75) is 13.3 Å². The summed E-state index contributed by atoms with van der Waals surface area (Å²) in [7, 11) is 3.63. The molecule has 2 aromatic rings. The van der Waals surface area contributed by atoms with Crippen molar-refractivity contribution in [2.75, 3.05) is 0 Å². The number of rotatable bonds is 1. The van der Waals surface area contributed by atoms with Crippen LogP contribution in [0.2, 0.25) is 0 Å². The molecule has 1 aromatic heterocycles. The normalized spacial score (nSPS) is 11.2. The maximum absolute atomic E-state index is 11.7. The Balaban J connectivity index is 2.94. The van der Waals surface area contributed by atoms with Crippen LogP contribution in [0.15, 0.2) is 16.9 Å². The van der Waals surface area contributed by atoms with Gasteiger partial charge in [0.1, 0.15) is 0 Å². The van der Waals surface area contributed by atoms with Gasteiger partial charge in [0.25, 0.3) is 0 Å². The van der Waals surface area contributed by atoms with E-state index in [1.807, 2.05) is 14.1 Å². The highest BCUT2D eigenvalue weighted by Crippen LogP contribution is 2.20. The summed E-state index contributed by atoms with van der Waals surface area (Å²) >= 11 is 2.32. The third-order valence-corrected chi connectivity index (χ3v) is 3.83. The molecule has 0 radical (unpaired) electrons. The zero-order valence-corrected chi connectivity index (χ0v) is 11.2. The number of benzene rings is 1. The Morgan fingerprint density at radius 1 is 1.20 bits per heavy atom. The SMILES string of the molecule is CCc1cc2c(cc1I)n(C)c(=O)n2C. The largest absolute Gasteiger partial charge is 0.328 e. The molecular weight excluding hydrogens is 303 g/mol. The van der Waals surface area contributed by atoms with E-state index in [0.29, 0.717) is 0 Å². The summed E-state index contributed by atoms with van der Waals surface area (Å²) in [5.41, 5.74) is 3.35. The van der Waals surface area contributed by atoms with Gasteiger partial charge in [-0.05, 0) is 46.7 Å². The molecule has 0 aliphatic heterocycles. The van der Waals surface area contributed by atoms with Gasteiger partial charge in [-0.15, -0.1) is 0 Å². The Morgan fingerprint density at radius 3 is 2.27 bits per heavy atom. The molecule has 0 fully saturated rings. The number of hydrogen-bond acceptors (Lipinski definition) is 1. The second-order valence-corrected chi connectivity index (χ2v) is 4.85. The number of aryl methyl sites for hydroxylation is 3. The molecular formula is C11H13IN2O. The number of fused-ring (bicyclic) bond motifs is 1. The third kappa shape index (κ3) is 1.51. The zero-order chi connectivity index (χ0) is 11.2. The molecule has 0 amide bonds. The van der Waals surface area contributed by atoms with Crippen LogP contribution < -0.4 is 5.69 Å². The predicted octanol–water partition coefficient (Wildman–Crippen LogP) is 2.04. The molecule has 15 heavy (non-hydrogen) atoms. The van der Waals surface area contributed by atoms with Crippen molar-refractivity contribution in [3.8, 4) is 0 Å². The number of nitrogens with zero attached hydrogens (tertiary/aromatic N) is 2. The van der Waals surface area contributed by atoms with Gasteiger partial charge in [-0.3, -0.25) is 9.13 Å². The molecule has 0 saturated heterocycles. The zero-order valence-electron chi connectivity index (χ0n) is 9.04. The molecule has 80 valence electrons. The highest BCUT2D eigenvalue weighted by molar-refractivity contribution is 14.1. The summed E-state index contributed by atoms with van der Waals surface area (Å²) in [4.78, 5) is 11.7. The fourth-order valence-corrected chi connectivity index (χ4v) is 2.67. The molecule has 3 nitrogen and oxygen atoms in total. The van der Waals surface area contributed by atoms with Crippen molar-refractivity contribution in [1.82, 2.24) is 9.13 Å². The quantitative estimate of drug-likeness (QED) is 0.740. The molecule has 0 atom stereocenters. The lowest BCUT2D eigenvalue weighted by molar-refractivity contribution is 0.795. The van der Waals surface area contributed by atoms with Crippen LogP contribution in [0.25, 0.3) is 11.0 Å². The first-order valence-corrected chi connectivity index (χ1v) is 5.98. The van der Waals surface area contributed by atoms with Crippen LogP contribution in [-0.2, 0) is 20.5 Å². The molecule has 1 aromatic carbocycles. The Kier molecular flexibility index (Phi) is 2.62. The van der Waals surface area contributed by atoms with E-state index in [1.165, 1.54) is 9.13 Å². The van der Waals surface area contributed by atoms with Crippen molar-refractivity contribution in [3.05, 3.63) is 31.8 Å². The number of halogens is 1. The van der Waals surface area contributed by atoms with Crippen LogP contribution in [-0.4, -0.2) is 9.13 Å². The molecule has 0 spiro atoms. The predicted molar refractivity (Wildman–Crippen MR) is 70.3 cm³/mol. The van der Waals surface area contributed by atoms with Crippen molar-refractivity contribution in [1.29, 1.82) is 0 Å². The van der Waals surface area contributed by atoms with E-state index in [4.69, 9.17) is 0 Å². The fraction of sp³-hybridized carbons (Fsp3) is 0.364. The van der Waals surface area contributed by atoms with Gasteiger partial charge in [-0.2, -0.15) is 0 Å². The number of aromatic nitrogens is 2. The molecule has 0 saturated carbocycles. The Labute approximate surface area is 102 Å². The van der Waals surface area contributed by atoms with Crippen molar-refractivity contribution >= 4 is 33.6 Å². The Morgan fingerprint density at radius 2 is 1.73 bits per heavy atom. The Bertz CT molecular complexity index is 580. The molecule has 4 heteroatoms. The lowest BCUT2D eigenvalue weighted by Crippen LogP contribution is -2.19. The second-order valence-electron chi connectivity index (χ2n) is 3.69. The maximum Gasteiger partial charge on any atom is 0.328 e. The summed E-state index contributed by atoms with van der Waals surface area (Å²) in [5.74, 6) is 0. The lowest BCUT2D eigenvalue weighted by atomic mass is 10.1. The van der Waals surface area contributed by atoms with Gasteiger partial charge in [-0.25, -0.2) is 4.79 Å². The molecule has 0 aliphatic carbocycles. The van der Waals surface area contributed by atoms with E-state index >= 15 is 0 Å². The first-order valence-electron chi connectivity index (χ1n) is 4.90. The van der Waals surface area contributed by atoms with E-state index < -0.39 is 0 Å². The average Bonchev–Trinajstić information content (AvgIpc) is 2.43. The number of imidazole rings is 1. The van der Waals surface area contributed by atoms with Gasteiger partial charge in [0, 0.05) is 17.7 Å². The fourth-order valence-electron chi connectivity index (χ4n) is 1.83. The van der Waals surface area contributed by atoms with E-state index in [0.717, 1.165) is 17.5 Å². The van der Waals surface area contributed by atoms with Crippen LogP contribution in [0, 0.1) is 3.57 Å². The average molecular weight is 316 g/mol. The third-order valence-electron chi connectivity index (χ3n) is 2.82.